The molecule has 1 fully saturated rings. The van der Waals surface area contributed by atoms with Crippen molar-refractivity contribution in [1.29, 1.82) is 0 Å². The SMILES string of the molecule is C[C@@]12CCCCC[C@@H](Cc3ccc(O)cc31)[C@@H]2N.Cl. The molecule has 3 rings (SSSR count). The Morgan fingerprint density at radius 2 is 2.05 bits per heavy atom. The van der Waals surface area contributed by atoms with Crippen molar-refractivity contribution in [3.8, 4) is 5.75 Å². The van der Waals surface area contributed by atoms with E-state index in [2.05, 4.69) is 13.0 Å². The van der Waals surface area contributed by atoms with Crippen LogP contribution in [0.3, 0.4) is 0 Å². The van der Waals surface area contributed by atoms with Gasteiger partial charge >= 0.3 is 0 Å². The van der Waals surface area contributed by atoms with Gasteiger partial charge in [0.2, 0.25) is 0 Å². The summed E-state index contributed by atoms with van der Waals surface area (Å²) in [6.45, 7) is 2.30. The molecule has 3 atom stereocenters. The highest BCUT2D eigenvalue weighted by molar-refractivity contribution is 5.85. The summed E-state index contributed by atoms with van der Waals surface area (Å²) in [7, 11) is 0. The van der Waals surface area contributed by atoms with Gasteiger partial charge in [0.25, 0.3) is 0 Å². The number of hydrogen-bond acceptors (Lipinski definition) is 2. The van der Waals surface area contributed by atoms with E-state index in [1.807, 2.05) is 12.1 Å². The molecule has 0 amide bonds. The van der Waals surface area contributed by atoms with Crippen LogP contribution >= 0.6 is 12.4 Å². The van der Waals surface area contributed by atoms with Gasteiger partial charge in [-0.3, -0.25) is 0 Å². The second kappa shape index (κ2) is 5.34. The molecule has 3 N–H and O–H groups in total. The number of nitrogens with two attached hydrogens (primary N) is 1. The second-order valence-electron chi connectivity index (χ2n) is 6.35. The zero-order valence-electron chi connectivity index (χ0n) is 11.6. The molecule has 0 aromatic heterocycles. The summed E-state index contributed by atoms with van der Waals surface area (Å²) in [5.41, 5.74) is 9.33. The van der Waals surface area contributed by atoms with Crippen LogP contribution in [-0.4, -0.2) is 11.1 Å². The number of phenolic OH excluding ortho intramolecular Hbond substituents is 1. The number of rotatable bonds is 0. The second-order valence-corrected chi connectivity index (χ2v) is 6.35. The van der Waals surface area contributed by atoms with Gasteiger partial charge in [0, 0.05) is 11.5 Å². The lowest BCUT2D eigenvalue weighted by atomic mass is 9.60. The van der Waals surface area contributed by atoms with E-state index in [1.165, 1.54) is 36.8 Å². The van der Waals surface area contributed by atoms with Crippen molar-refractivity contribution in [2.75, 3.05) is 0 Å². The topological polar surface area (TPSA) is 46.2 Å². The molecule has 3 heteroatoms. The molecular weight excluding hydrogens is 258 g/mol. The predicted octanol–water partition coefficient (Wildman–Crippen LogP) is 3.54. The van der Waals surface area contributed by atoms with Crippen LogP contribution < -0.4 is 5.73 Å². The quantitative estimate of drug-likeness (QED) is 0.764. The average Bonchev–Trinajstić information content (AvgIpc) is 2.35. The maximum Gasteiger partial charge on any atom is 0.115 e. The summed E-state index contributed by atoms with van der Waals surface area (Å²) in [5.74, 6) is 0.995. The van der Waals surface area contributed by atoms with E-state index in [9.17, 15) is 5.11 Å². The fraction of sp³-hybridized carbons (Fsp3) is 0.625. The van der Waals surface area contributed by atoms with Crippen LogP contribution in [0.1, 0.15) is 50.2 Å². The number of aromatic hydroxyl groups is 1. The van der Waals surface area contributed by atoms with Gasteiger partial charge in [0.15, 0.2) is 0 Å². The number of benzene rings is 1. The summed E-state index contributed by atoms with van der Waals surface area (Å²) >= 11 is 0. The molecule has 1 aromatic rings. The van der Waals surface area contributed by atoms with Gasteiger partial charge in [-0.15, -0.1) is 12.4 Å². The van der Waals surface area contributed by atoms with E-state index in [0.29, 0.717) is 11.7 Å². The van der Waals surface area contributed by atoms with Crippen molar-refractivity contribution in [3.05, 3.63) is 29.3 Å². The van der Waals surface area contributed by atoms with Crippen LogP contribution in [0, 0.1) is 5.92 Å². The first-order chi connectivity index (χ1) is 8.61. The molecule has 0 spiro atoms. The Bertz CT molecular complexity index is 462. The van der Waals surface area contributed by atoms with Gasteiger partial charge in [-0.2, -0.15) is 0 Å². The van der Waals surface area contributed by atoms with Gasteiger partial charge in [0.05, 0.1) is 0 Å². The first-order valence-electron chi connectivity index (χ1n) is 7.19. The van der Waals surface area contributed by atoms with E-state index in [4.69, 9.17) is 5.73 Å². The molecule has 0 saturated heterocycles. The monoisotopic (exact) mass is 281 g/mol. The zero-order valence-corrected chi connectivity index (χ0v) is 12.4. The highest BCUT2D eigenvalue weighted by Crippen LogP contribution is 2.46. The Labute approximate surface area is 121 Å². The molecule has 106 valence electrons. The summed E-state index contributed by atoms with van der Waals surface area (Å²) in [6, 6.07) is 6.11. The maximum absolute atomic E-state index is 9.77. The third kappa shape index (κ3) is 2.36. The molecule has 1 aromatic carbocycles. The molecule has 2 aliphatic rings. The smallest absolute Gasteiger partial charge is 0.115 e. The van der Waals surface area contributed by atoms with E-state index in [0.717, 1.165) is 12.8 Å². The fourth-order valence-corrected chi connectivity index (χ4v) is 4.04. The van der Waals surface area contributed by atoms with E-state index < -0.39 is 0 Å². The Balaban J connectivity index is 0.00000133. The highest BCUT2D eigenvalue weighted by atomic mass is 35.5. The first-order valence-corrected chi connectivity index (χ1v) is 7.19. The van der Waals surface area contributed by atoms with Crippen molar-refractivity contribution in [2.24, 2.45) is 11.7 Å². The number of hydrogen-bond donors (Lipinski definition) is 2. The molecule has 2 aliphatic carbocycles. The summed E-state index contributed by atoms with van der Waals surface area (Å²) < 4.78 is 0. The van der Waals surface area contributed by atoms with Crippen molar-refractivity contribution in [1.82, 2.24) is 0 Å². The number of halogens is 1. The zero-order chi connectivity index (χ0) is 12.8. The fourth-order valence-electron chi connectivity index (χ4n) is 4.04. The number of fused-ring (bicyclic) bond motifs is 4. The Morgan fingerprint density at radius 3 is 2.84 bits per heavy atom. The lowest BCUT2D eigenvalue weighted by Gasteiger charge is -2.47. The molecule has 0 radical (unpaired) electrons. The largest absolute Gasteiger partial charge is 0.508 e. The van der Waals surface area contributed by atoms with Crippen molar-refractivity contribution >= 4 is 12.4 Å². The molecule has 1 saturated carbocycles. The minimum Gasteiger partial charge on any atom is -0.508 e. The summed E-state index contributed by atoms with van der Waals surface area (Å²) in [5, 5.41) is 9.77. The van der Waals surface area contributed by atoms with E-state index >= 15 is 0 Å². The standard InChI is InChI=1S/C16H23NO.ClH/c1-16-8-4-2-3-5-12(15(16)17)9-11-6-7-13(18)10-14(11)16;/h6-7,10,12,15,18H,2-5,8-9,17H2,1H3;1H/t12-,15-,16+;/m0./s1. The molecule has 19 heavy (non-hydrogen) atoms. The van der Waals surface area contributed by atoms with Gasteiger partial charge in [-0.05, 0) is 48.4 Å². The maximum atomic E-state index is 9.77. The lowest BCUT2D eigenvalue weighted by Crippen LogP contribution is -2.52. The van der Waals surface area contributed by atoms with Gasteiger partial charge in [0.1, 0.15) is 5.75 Å². The van der Waals surface area contributed by atoms with Crippen LogP contribution in [0.5, 0.6) is 5.75 Å². The third-order valence-corrected chi connectivity index (χ3v) is 5.21. The predicted molar refractivity (Wildman–Crippen MR) is 81.0 cm³/mol. The lowest BCUT2D eigenvalue weighted by molar-refractivity contribution is 0.201. The van der Waals surface area contributed by atoms with Crippen molar-refractivity contribution in [3.63, 3.8) is 0 Å². The molecule has 0 heterocycles. The van der Waals surface area contributed by atoms with E-state index in [1.54, 1.807) is 0 Å². The van der Waals surface area contributed by atoms with E-state index in [-0.39, 0.29) is 23.9 Å². The van der Waals surface area contributed by atoms with Crippen LogP contribution in [0.2, 0.25) is 0 Å². The van der Waals surface area contributed by atoms with Gasteiger partial charge in [-0.1, -0.05) is 32.3 Å². The first kappa shape index (κ1) is 14.7. The van der Waals surface area contributed by atoms with Crippen molar-refractivity contribution in [2.45, 2.75) is 56.9 Å². The Hall–Kier alpha value is -0.730. The normalized spacial score (nSPS) is 33.6. The Morgan fingerprint density at radius 1 is 1.26 bits per heavy atom. The van der Waals surface area contributed by atoms with Crippen LogP contribution in [-0.2, 0) is 11.8 Å². The molecular formula is C16H24ClNO. The van der Waals surface area contributed by atoms with Gasteiger partial charge in [-0.25, -0.2) is 0 Å². The van der Waals surface area contributed by atoms with Crippen LogP contribution in [0.25, 0.3) is 0 Å². The molecule has 0 aliphatic heterocycles. The van der Waals surface area contributed by atoms with Crippen molar-refractivity contribution < 1.29 is 5.11 Å². The molecule has 2 bridgehead atoms. The Kier molecular flexibility index (Phi) is 4.12. The average molecular weight is 282 g/mol. The summed E-state index contributed by atoms with van der Waals surface area (Å²) in [6.07, 6.45) is 7.41. The van der Waals surface area contributed by atoms with Gasteiger partial charge < -0.3 is 10.8 Å². The molecule has 2 nitrogen and oxygen atoms in total. The molecule has 0 unspecified atom stereocenters. The highest BCUT2D eigenvalue weighted by Gasteiger charge is 2.43. The minimum absolute atomic E-state index is 0. The van der Waals surface area contributed by atoms with Crippen LogP contribution in [0.15, 0.2) is 18.2 Å². The number of phenols is 1. The third-order valence-electron chi connectivity index (χ3n) is 5.21. The van der Waals surface area contributed by atoms with Crippen LogP contribution in [0.4, 0.5) is 0 Å². The minimum atomic E-state index is 0. The summed E-state index contributed by atoms with van der Waals surface area (Å²) in [4.78, 5) is 0.